The largest absolute Gasteiger partial charge is 0.444 e. The van der Waals surface area contributed by atoms with Gasteiger partial charge in [0.25, 0.3) is 0 Å². The standard InChI is InChI=1S/C16H19BrFN5O3/c1-16(2,3)26-14(24)20-7-11(6-18)9-23-15(25)22(10-21-23)12-4-5-13(17)19-8-12/h4-6,8,10H,7,9H2,1-3H3,(H,20,24)/b11-6+. The zero-order valence-electron chi connectivity index (χ0n) is 14.6. The van der Waals surface area contributed by atoms with Crippen molar-refractivity contribution in [1.29, 1.82) is 0 Å². The number of amides is 1. The Morgan fingerprint density at radius 2 is 2.15 bits per heavy atom. The van der Waals surface area contributed by atoms with Crippen LogP contribution in [0.1, 0.15) is 20.8 Å². The van der Waals surface area contributed by atoms with Gasteiger partial charge in [-0.1, -0.05) is 0 Å². The molecule has 0 radical (unpaired) electrons. The fourth-order valence-corrected chi connectivity index (χ4v) is 2.19. The molecule has 0 fully saturated rings. The first kappa shape index (κ1) is 19.8. The van der Waals surface area contributed by atoms with Crippen LogP contribution in [-0.4, -0.2) is 37.6 Å². The minimum Gasteiger partial charge on any atom is -0.444 e. The molecule has 10 heteroatoms. The lowest BCUT2D eigenvalue weighted by atomic mass is 10.2. The summed E-state index contributed by atoms with van der Waals surface area (Å²) in [4.78, 5) is 28.1. The van der Waals surface area contributed by atoms with E-state index in [2.05, 4.69) is 31.3 Å². The number of hydrogen-bond acceptors (Lipinski definition) is 5. The average molecular weight is 428 g/mol. The summed E-state index contributed by atoms with van der Waals surface area (Å²) in [6, 6.07) is 3.39. The van der Waals surface area contributed by atoms with Gasteiger partial charge in [0.2, 0.25) is 0 Å². The Labute approximate surface area is 157 Å². The second-order valence-electron chi connectivity index (χ2n) is 6.40. The number of carbonyl (C=O) groups excluding carboxylic acids is 1. The Balaban J connectivity index is 2.04. The van der Waals surface area contributed by atoms with Gasteiger partial charge in [-0.3, -0.25) is 0 Å². The summed E-state index contributed by atoms with van der Waals surface area (Å²) >= 11 is 3.22. The summed E-state index contributed by atoms with van der Waals surface area (Å²) in [6.45, 7) is 4.96. The summed E-state index contributed by atoms with van der Waals surface area (Å²) in [7, 11) is 0. The average Bonchev–Trinajstić information content (AvgIpc) is 2.91. The Kier molecular flexibility index (Phi) is 6.30. The minimum absolute atomic E-state index is 0.107. The second-order valence-corrected chi connectivity index (χ2v) is 7.22. The van der Waals surface area contributed by atoms with Crippen molar-refractivity contribution >= 4 is 22.0 Å². The quantitative estimate of drug-likeness (QED) is 0.740. The van der Waals surface area contributed by atoms with Crippen molar-refractivity contribution in [3.05, 3.63) is 51.6 Å². The van der Waals surface area contributed by atoms with Crippen molar-refractivity contribution in [2.45, 2.75) is 32.9 Å². The molecule has 0 aliphatic heterocycles. The number of nitrogens with zero attached hydrogens (tertiary/aromatic N) is 4. The summed E-state index contributed by atoms with van der Waals surface area (Å²) < 4.78 is 21.2. The Bertz CT molecular complexity index is 852. The van der Waals surface area contributed by atoms with E-state index in [1.165, 1.54) is 17.1 Å². The van der Waals surface area contributed by atoms with Crippen LogP contribution in [0, 0.1) is 0 Å². The van der Waals surface area contributed by atoms with Gasteiger partial charge in [0.1, 0.15) is 16.5 Å². The molecular formula is C16H19BrFN5O3. The zero-order chi connectivity index (χ0) is 19.3. The van der Waals surface area contributed by atoms with E-state index >= 15 is 0 Å². The van der Waals surface area contributed by atoms with Crippen molar-refractivity contribution in [1.82, 2.24) is 24.6 Å². The van der Waals surface area contributed by atoms with E-state index in [1.807, 2.05) is 0 Å². The third kappa shape index (κ3) is 5.51. The number of pyridine rings is 1. The molecular weight excluding hydrogens is 409 g/mol. The van der Waals surface area contributed by atoms with Crippen LogP contribution in [0.4, 0.5) is 9.18 Å². The van der Waals surface area contributed by atoms with Crippen LogP contribution >= 0.6 is 15.9 Å². The molecule has 26 heavy (non-hydrogen) atoms. The van der Waals surface area contributed by atoms with Crippen LogP contribution in [0.3, 0.4) is 0 Å². The van der Waals surface area contributed by atoms with Gasteiger partial charge < -0.3 is 10.1 Å². The zero-order valence-corrected chi connectivity index (χ0v) is 16.2. The van der Waals surface area contributed by atoms with Crippen LogP contribution in [-0.2, 0) is 11.3 Å². The van der Waals surface area contributed by atoms with Crippen molar-refractivity contribution in [2.75, 3.05) is 6.54 Å². The first-order chi connectivity index (χ1) is 12.2. The first-order valence-corrected chi connectivity index (χ1v) is 8.50. The maximum atomic E-state index is 13.1. The van der Waals surface area contributed by atoms with E-state index in [4.69, 9.17) is 4.74 Å². The number of alkyl carbamates (subject to hydrolysis) is 1. The maximum Gasteiger partial charge on any atom is 0.407 e. The summed E-state index contributed by atoms with van der Waals surface area (Å²) in [5.41, 5.74) is -0.414. The highest BCUT2D eigenvalue weighted by atomic mass is 79.9. The van der Waals surface area contributed by atoms with Crippen LogP contribution < -0.4 is 11.0 Å². The Morgan fingerprint density at radius 1 is 1.42 bits per heavy atom. The van der Waals surface area contributed by atoms with Gasteiger partial charge in [-0.25, -0.2) is 28.2 Å². The van der Waals surface area contributed by atoms with Crippen molar-refractivity contribution < 1.29 is 13.9 Å². The van der Waals surface area contributed by atoms with E-state index in [0.29, 0.717) is 16.6 Å². The smallest absolute Gasteiger partial charge is 0.407 e. The molecule has 0 aliphatic rings. The van der Waals surface area contributed by atoms with E-state index in [-0.39, 0.29) is 18.7 Å². The minimum atomic E-state index is -0.671. The number of rotatable bonds is 5. The van der Waals surface area contributed by atoms with E-state index in [0.717, 1.165) is 4.68 Å². The topological polar surface area (TPSA) is 91.0 Å². The highest BCUT2D eigenvalue weighted by Crippen LogP contribution is 2.09. The Morgan fingerprint density at radius 3 is 2.73 bits per heavy atom. The molecule has 1 N–H and O–H groups in total. The van der Waals surface area contributed by atoms with Crippen LogP contribution in [0.2, 0.25) is 0 Å². The summed E-state index contributed by atoms with van der Waals surface area (Å²) in [5, 5.41) is 6.41. The van der Waals surface area contributed by atoms with Crippen molar-refractivity contribution in [2.24, 2.45) is 0 Å². The Hall–Kier alpha value is -2.49. The fraction of sp³-hybridized carbons (Fsp3) is 0.375. The first-order valence-electron chi connectivity index (χ1n) is 7.71. The van der Waals surface area contributed by atoms with E-state index in [9.17, 15) is 14.0 Å². The molecule has 2 heterocycles. The number of aromatic nitrogens is 4. The highest BCUT2D eigenvalue weighted by Gasteiger charge is 2.16. The van der Waals surface area contributed by atoms with Gasteiger partial charge in [0.15, 0.2) is 0 Å². The molecule has 0 aliphatic carbocycles. The predicted molar refractivity (Wildman–Crippen MR) is 96.7 cm³/mol. The molecule has 0 spiro atoms. The number of ether oxygens (including phenoxy) is 1. The number of halogens is 2. The molecule has 0 aromatic carbocycles. The SMILES string of the molecule is CC(C)(C)OC(=O)NC/C(=C\F)Cn1ncn(-c2ccc(Br)nc2)c1=O. The lowest BCUT2D eigenvalue weighted by Crippen LogP contribution is -2.34. The highest BCUT2D eigenvalue weighted by molar-refractivity contribution is 9.10. The predicted octanol–water partition coefficient (Wildman–Crippen LogP) is 2.57. The third-order valence-corrected chi connectivity index (χ3v) is 3.56. The molecule has 1 amide bonds. The molecule has 2 aromatic rings. The molecule has 0 saturated heterocycles. The van der Waals surface area contributed by atoms with E-state index in [1.54, 1.807) is 32.9 Å². The molecule has 0 atom stereocenters. The van der Waals surface area contributed by atoms with Crippen LogP contribution in [0.25, 0.3) is 5.69 Å². The molecule has 0 unspecified atom stereocenters. The summed E-state index contributed by atoms with van der Waals surface area (Å²) in [5.74, 6) is 0. The maximum absolute atomic E-state index is 13.1. The number of hydrogen-bond donors (Lipinski definition) is 1. The number of carbonyl (C=O) groups is 1. The molecule has 8 nitrogen and oxygen atoms in total. The fourth-order valence-electron chi connectivity index (χ4n) is 1.95. The normalized spacial score (nSPS) is 12.1. The molecule has 0 saturated carbocycles. The van der Waals surface area contributed by atoms with Crippen molar-refractivity contribution in [3.63, 3.8) is 0 Å². The monoisotopic (exact) mass is 427 g/mol. The molecule has 140 valence electrons. The van der Waals surface area contributed by atoms with Crippen LogP contribution in [0.15, 0.2) is 46.0 Å². The third-order valence-electron chi connectivity index (χ3n) is 3.09. The number of nitrogens with one attached hydrogen (secondary N) is 1. The van der Waals surface area contributed by atoms with Gasteiger partial charge in [0, 0.05) is 6.54 Å². The van der Waals surface area contributed by atoms with Gasteiger partial charge in [-0.15, -0.1) is 0 Å². The lowest BCUT2D eigenvalue weighted by Gasteiger charge is -2.19. The van der Waals surface area contributed by atoms with Gasteiger partial charge in [-0.2, -0.15) is 5.10 Å². The molecule has 2 aromatic heterocycles. The summed E-state index contributed by atoms with van der Waals surface area (Å²) in [6.07, 6.45) is 2.50. The second kappa shape index (κ2) is 8.26. The van der Waals surface area contributed by atoms with Gasteiger partial charge >= 0.3 is 11.8 Å². The molecule has 0 bridgehead atoms. The van der Waals surface area contributed by atoms with Gasteiger partial charge in [-0.05, 0) is 54.4 Å². The van der Waals surface area contributed by atoms with E-state index < -0.39 is 17.4 Å². The molecule has 2 rings (SSSR count). The lowest BCUT2D eigenvalue weighted by molar-refractivity contribution is 0.0532. The van der Waals surface area contributed by atoms with Gasteiger partial charge in [0.05, 0.1) is 24.8 Å². The van der Waals surface area contributed by atoms with Crippen molar-refractivity contribution in [3.8, 4) is 5.69 Å². The van der Waals surface area contributed by atoms with Crippen LogP contribution in [0.5, 0.6) is 0 Å².